The zero-order valence-corrected chi connectivity index (χ0v) is 21.4. The van der Waals surface area contributed by atoms with E-state index in [1.807, 2.05) is 0 Å². The number of hydrogen-bond donors (Lipinski definition) is 1. The maximum Gasteiger partial charge on any atom is 0.299 e. The predicted octanol–water partition coefficient (Wildman–Crippen LogP) is 7.82. The molecule has 1 atom stereocenters. The van der Waals surface area contributed by atoms with Gasteiger partial charge in [-0.1, -0.05) is 116 Å². The van der Waals surface area contributed by atoms with Crippen molar-refractivity contribution < 1.29 is 17.0 Å². The van der Waals surface area contributed by atoms with Crippen LogP contribution in [0.1, 0.15) is 129 Å². The monoisotopic (exact) mass is 465 g/mol. The number of nitrogens with two attached hydrogens (primary N) is 1. The van der Waals surface area contributed by atoms with Gasteiger partial charge in [0.2, 0.25) is 5.50 Å². The fraction of sp³-hybridized carbons (Fsp3) is 0.920. The second-order valence-corrected chi connectivity index (χ2v) is 10.1. The van der Waals surface area contributed by atoms with E-state index in [0.29, 0.717) is 19.4 Å². The van der Waals surface area contributed by atoms with Gasteiger partial charge in [0.05, 0.1) is 6.61 Å². The maximum absolute atomic E-state index is 13.8. The molecule has 1 unspecified atom stereocenters. The first kappa shape index (κ1) is 32.7. The average Bonchev–Trinajstić information content (AvgIpc) is 2.76. The van der Waals surface area contributed by atoms with Crippen molar-refractivity contribution >= 4 is 10.1 Å². The van der Waals surface area contributed by atoms with E-state index >= 15 is 0 Å². The molecule has 0 aromatic rings. The topological polar surface area (TPSA) is 69.4 Å². The van der Waals surface area contributed by atoms with Crippen LogP contribution < -0.4 is 5.73 Å². The van der Waals surface area contributed by atoms with Crippen molar-refractivity contribution in [2.45, 2.75) is 135 Å². The lowest BCUT2D eigenvalue weighted by molar-refractivity contribution is 0.271. The third kappa shape index (κ3) is 25.7. The van der Waals surface area contributed by atoms with Crippen molar-refractivity contribution in [1.82, 2.24) is 0 Å². The van der Waals surface area contributed by atoms with Crippen LogP contribution in [0.25, 0.3) is 0 Å². The molecule has 0 aromatic carbocycles. The Bertz CT molecular complexity index is 458. The molecule has 4 nitrogen and oxygen atoms in total. The quantitative estimate of drug-likeness (QED) is 0.100. The van der Waals surface area contributed by atoms with Crippen LogP contribution in [-0.4, -0.2) is 27.1 Å². The van der Waals surface area contributed by atoms with Gasteiger partial charge in [-0.15, -0.1) is 6.58 Å². The summed E-state index contributed by atoms with van der Waals surface area (Å²) in [5, 5.41) is 0. The summed E-state index contributed by atoms with van der Waals surface area (Å²) in [4.78, 5) is 0. The highest BCUT2D eigenvalue weighted by Gasteiger charge is 2.25. The molecule has 188 valence electrons. The van der Waals surface area contributed by atoms with Gasteiger partial charge in [0.25, 0.3) is 10.1 Å². The second kappa shape index (κ2) is 25.8. The van der Waals surface area contributed by atoms with Gasteiger partial charge in [-0.05, 0) is 19.3 Å². The molecule has 0 saturated heterocycles. The molecular weight excluding hydrogens is 413 g/mol. The van der Waals surface area contributed by atoms with Crippen LogP contribution in [0.5, 0.6) is 0 Å². The lowest BCUT2D eigenvalue weighted by atomic mass is 10.0. The third-order valence-electron chi connectivity index (χ3n) is 5.26. The lowest BCUT2D eigenvalue weighted by Crippen LogP contribution is -2.19. The molecule has 0 amide bonds. The second-order valence-electron chi connectivity index (χ2n) is 8.34. The van der Waals surface area contributed by atoms with Gasteiger partial charge in [0, 0.05) is 6.54 Å². The normalized spacial score (nSPS) is 12.3. The minimum Gasteiger partial charge on any atom is -0.327 e. The summed E-state index contributed by atoms with van der Waals surface area (Å²) in [6.45, 7) is 8.38. The Morgan fingerprint density at radius 1 is 0.774 bits per heavy atom. The zero-order valence-electron chi connectivity index (χ0n) is 20.6. The SMILES string of the molecule is C=CCN.CCCCCCCCCCCCCCCOS(=O)(=O)C(F)CCCCCC. The minimum atomic E-state index is -4.03. The van der Waals surface area contributed by atoms with Gasteiger partial charge in [0.1, 0.15) is 0 Å². The van der Waals surface area contributed by atoms with Crippen molar-refractivity contribution in [3.8, 4) is 0 Å². The van der Waals surface area contributed by atoms with Crippen molar-refractivity contribution in [2.75, 3.05) is 13.2 Å². The number of hydrogen-bond acceptors (Lipinski definition) is 4. The number of alkyl halides is 1. The van der Waals surface area contributed by atoms with Gasteiger partial charge in [-0.25, -0.2) is 4.39 Å². The van der Waals surface area contributed by atoms with Gasteiger partial charge >= 0.3 is 0 Å². The highest BCUT2D eigenvalue weighted by molar-refractivity contribution is 7.87. The number of halogens is 1. The summed E-state index contributed by atoms with van der Waals surface area (Å²) < 4.78 is 42.0. The summed E-state index contributed by atoms with van der Waals surface area (Å²) in [5.41, 5.74) is 3.05. The molecule has 2 N–H and O–H groups in total. The van der Waals surface area contributed by atoms with Crippen molar-refractivity contribution in [3.63, 3.8) is 0 Å². The smallest absolute Gasteiger partial charge is 0.299 e. The van der Waals surface area contributed by atoms with E-state index in [4.69, 9.17) is 9.92 Å². The van der Waals surface area contributed by atoms with Gasteiger partial charge in [0.15, 0.2) is 0 Å². The van der Waals surface area contributed by atoms with E-state index in [0.717, 1.165) is 32.1 Å². The van der Waals surface area contributed by atoms with Crippen molar-refractivity contribution in [3.05, 3.63) is 12.7 Å². The Labute approximate surface area is 193 Å². The Morgan fingerprint density at radius 3 is 1.52 bits per heavy atom. The molecule has 0 spiro atoms. The van der Waals surface area contributed by atoms with Crippen molar-refractivity contribution in [1.29, 1.82) is 0 Å². The summed E-state index contributed by atoms with van der Waals surface area (Å²) in [5.74, 6) is 0. The van der Waals surface area contributed by atoms with E-state index in [-0.39, 0.29) is 13.0 Å². The fourth-order valence-corrected chi connectivity index (χ4v) is 4.20. The summed E-state index contributed by atoms with van der Waals surface area (Å²) in [6, 6.07) is 0. The van der Waals surface area contributed by atoms with Crippen LogP contribution in [0.3, 0.4) is 0 Å². The molecule has 31 heavy (non-hydrogen) atoms. The predicted molar refractivity (Wildman–Crippen MR) is 133 cm³/mol. The largest absolute Gasteiger partial charge is 0.327 e. The standard InChI is InChI=1S/C22H45FO3S.C3H7N/c1-3-5-7-9-10-11-12-13-14-15-16-17-19-21-26-27(24,25)22(23)20-18-8-6-4-2;1-2-3-4/h22H,3-21H2,1-2H3;2H,1,3-4H2. The van der Waals surface area contributed by atoms with Crippen LogP contribution in [0.15, 0.2) is 12.7 Å². The van der Waals surface area contributed by atoms with E-state index in [1.54, 1.807) is 6.08 Å². The minimum absolute atomic E-state index is 0.0565. The molecule has 0 heterocycles. The first-order valence-corrected chi connectivity index (χ1v) is 14.3. The van der Waals surface area contributed by atoms with Crippen LogP contribution >= 0.6 is 0 Å². The van der Waals surface area contributed by atoms with Gasteiger partial charge in [-0.2, -0.15) is 8.42 Å². The molecule has 0 aliphatic heterocycles. The Morgan fingerprint density at radius 2 is 1.13 bits per heavy atom. The zero-order chi connectivity index (χ0) is 23.6. The van der Waals surface area contributed by atoms with Gasteiger partial charge in [-0.3, -0.25) is 4.18 Å². The molecule has 6 heteroatoms. The molecule has 0 rings (SSSR count). The van der Waals surface area contributed by atoms with Crippen LogP contribution in [0, 0.1) is 0 Å². The third-order valence-corrected chi connectivity index (χ3v) is 6.62. The van der Waals surface area contributed by atoms with Crippen LogP contribution in [0.4, 0.5) is 4.39 Å². The first-order valence-electron chi connectivity index (χ1n) is 12.8. The van der Waals surface area contributed by atoms with Crippen LogP contribution in [0.2, 0.25) is 0 Å². The van der Waals surface area contributed by atoms with E-state index in [9.17, 15) is 12.8 Å². The molecule has 0 aliphatic rings. The molecule has 0 aliphatic carbocycles. The molecule has 0 radical (unpaired) electrons. The number of unbranched alkanes of at least 4 members (excludes halogenated alkanes) is 15. The maximum atomic E-state index is 13.8. The highest BCUT2D eigenvalue weighted by atomic mass is 32.2. The lowest BCUT2D eigenvalue weighted by Gasteiger charge is -2.10. The van der Waals surface area contributed by atoms with Crippen LogP contribution in [-0.2, 0) is 14.3 Å². The summed E-state index contributed by atoms with van der Waals surface area (Å²) >= 11 is 0. The Kier molecular flexibility index (Phi) is 27.2. The average molecular weight is 466 g/mol. The molecule has 0 fully saturated rings. The van der Waals surface area contributed by atoms with Gasteiger partial charge < -0.3 is 5.73 Å². The summed E-state index contributed by atoms with van der Waals surface area (Å²) in [6.07, 6.45) is 21.3. The number of rotatable bonds is 22. The molecule has 0 saturated carbocycles. The molecule has 0 aromatic heterocycles. The van der Waals surface area contributed by atoms with Crippen molar-refractivity contribution in [2.24, 2.45) is 5.73 Å². The van der Waals surface area contributed by atoms with E-state index < -0.39 is 15.6 Å². The van der Waals surface area contributed by atoms with E-state index in [2.05, 4.69) is 20.4 Å². The molecular formula is C25H52FNO3S. The Balaban J connectivity index is 0. The highest BCUT2D eigenvalue weighted by Crippen LogP contribution is 2.16. The Hall–Kier alpha value is -0.460. The fourth-order valence-electron chi connectivity index (χ4n) is 3.24. The molecule has 0 bridgehead atoms. The van der Waals surface area contributed by atoms with E-state index in [1.165, 1.54) is 64.2 Å². The first-order chi connectivity index (χ1) is 15.0. The summed E-state index contributed by atoms with van der Waals surface area (Å²) in [7, 11) is -4.03.